The lowest BCUT2D eigenvalue weighted by molar-refractivity contribution is 0.0695. The minimum atomic E-state index is -0.914. The van der Waals surface area contributed by atoms with Crippen molar-refractivity contribution in [2.45, 2.75) is 110 Å². The predicted molar refractivity (Wildman–Crippen MR) is 127 cm³/mol. The lowest BCUT2D eigenvalue weighted by atomic mass is 9.75. The number of hydrogen-bond acceptors (Lipinski definition) is 3. The van der Waals surface area contributed by atoms with E-state index < -0.39 is 5.97 Å². The van der Waals surface area contributed by atoms with Crippen molar-refractivity contribution in [1.29, 1.82) is 0 Å². The van der Waals surface area contributed by atoms with Gasteiger partial charge in [0.25, 0.3) is 0 Å². The number of benzene rings is 1. The number of carboxylic acid groups (broad SMARTS) is 1. The van der Waals surface area contributed by atoms with E-state index in [4.69, 9.17) is 0 Å². The summed E-state index contributed by atoms with van der Waals surface area (Å²) in [5.41, 5.74) is 1.93. The lowest BCUT2D eigenvalue weighted by Gasteiger charge is -2.32. The van der Waals surface area contributed by atoms with Crippen LogP contribution in [0.15, 0.2) is 6.07 Å². The third-order valence-corrected chi connectivity index (χ3v) is 6.66. The molecule has 0 aliphatic rings. The van der Waals surface area contributed by atoms with Crippen LogP contribution >= 0.6 is 11.8 Å². The van der Waals surface area contributed by atoms with Crippen LogP contribution in [0.4, 0.5) is 0 Å². The molecular formula is C25H42O3S. The molecule has 1 aromatic carbocycles. The smallest absolute Gasteiger partial charge is 0.336 e. The van der Waals surface area contributed by atoms with Gasteiger partial charge in [-0.2, -0.15) is 11.8 Å². The average molecular weight is 423 g/mol. The third-order valence-electron chi connectivity index (χ3n) is 5.40. The van der Waals surface area contributed by atoms with Gasteiger partial charge >= 0.3 is 5.97 Å². The maximum Gasteiger partial charge on any atom is 0.336 e. The molecule has 166 valence electrons. The van der Waals surface area contributed by atoms with E-state index in [0.29, 0.717) is 11.1 Å². The number of carboxylic acids is 1. The molecule has 1 aromatic rings. The molecule has 2 N–H and O–H groups in total. The average Bonchev–Trinajstić information content (AvgIpc) is 2.57. The number of carbonyl (C=O) groups is 1. The number of phenolic OH excluding ortho intramolecular Hbond substituents is 1. The Kier molecular flexibility index (Phi) is 9.59. The first-order valence-corrected chi connectivity index (χ1v) is 12.1. The van der Waals surface area contributed by atoms with Crippen molar-refractivity contribution in [3.63, 3.8) is 0 Å². The molecule has 0 spiro atoms. The van der Waals surface area contributed by atoms with Gasteiger partial charge in [-0.25, -0.2) is 4.79 Å². The molecule has 29 heavy (non-hydrogen) atoms. The highest BCUT2D eigenvalue weighted by atomic mass is 32.2. The highest BCUT2D eigenvalue weighted by Crippen LogP contribution is 2.47. The Hall–Kier alpha value is -1.16. The van der Waals surface area contributed by atoms with E-state index in [1.54, 1.807) is 17.8 Å². The first-order chi connectivity index (χ1) is 13.3. The van der Waals surface area contributed by atoms with Gasteiger partial charge < -0.3 is 10.2 Å². The summed E-state index contributed by atoms with van der Waals surface area (Å²) in [7, 11) is 0. The normalized spacial score (nSPS) is 13.5. The van der Waals surface area contributed by atoms with Crippen LogP contribution in [0.25, 0.3) is 0 Å². The van der Waals surface area contributed by atoms with Gasteiger partial charge in [-0.1, -0.05) is 80.6 Å². The van der Waals surface area contributed by atoms with Crippen LogP contribution in [0.3, 0.4) is 0 Å². The highest BCUT2D eigenvalue weighted by Gasteiger charge is 2.33. The van der Waals surface area contributed by atoms with Crippen molar-refractivity contribution in [2.75, 3.05) is 5.75 Å². The summed E-state index contributed by atoms with van der Waals surface area (Å²) in [6.07, 6.45) is 7.52. The molecule has 0 saturated carbocycles. The highest BCUT2D eigenvalue weighted by molar-refractivity contribution is 7.99. The fourth-order valence-electron chi connectivity index (χ4n) is 3.84. The summed E-state index contributed by atoms with van der Waals surface area (Å²) in [6.45, 7) is 16.5. The van der Waals surface area contributed by atoms with Crippen molar-refractivity contribution >= 4 is 17.7 Å². The SMILES string of the molecule is CCCCCCCCSC(C)c1c(C(=O)O)cc(C(C)(C)C)c(O)c1C(C)(C)C. The maximum absolute atomic E-state index is 12.2. The van der Waals surface area contributed by atoms with Crippen LogP contribution in [-0.4, -0.2) is 21.9 Å². The molecule has 0 amide bonds. The Morgan fingerprint density at radius 2 is 1.55 bits per heavy atom. The molecule has 0 aliphatic carbocycles. The largest absolute Gasteiger partial charge is 0.507 e. The molecule has 0 heterocycles. The number of thioether (sulfide) groups is 1. The molecule has 4 heteroatoms. The van der Waals surface area contributed by atoms with E-state index >= 15 is 0 Å². The first kappa shape index (κ1) is 25.9. The van der Waals surface area contributed by atoms with Crippen LogP contribution < -0.4 is 0 Å². The molecule has 0 bridgehead atoms. The van der Waals surface area contributed by atoms with Gasteiger partial charge in [0.05, 0.1) is 5.56 Å². The van der Waals surface area contributed by atoms with Gasteiger partial charge in [0.15, 0.2) is 0 Å². The minimum Gasteiger partial charge on any atom is -0.507 e. The summed E-state index contributed by atoms with van der Waals surface area (Å²) in [5, 5.41) is 21.2. The van der Waals surface area contributed by atoms with Crippen LogP contribution in [0.5, 0.6) is 5.75 Å². The summed E-state index contributed by atoms with van der Waals surface area (Å²) < 4.78 is 0. The number of rotatable bonds is 10. The van der Waals surface area contributed by atoms with Crippen molar-refractivity contribution in [3.8, 4) is 5.75 Å². The number of aromatic hydroxyl groups is 1. The quantitative estimate of drug-likeness (QED) is 0.377. The van der Waals surface area contributed by atoms with Gasteiger partial charge in [0.2, 0.25) is 0 Å². The first-order valence-electron chi connectivity index (χ1n) is 11.1. The molecule has 0 aromatic heterocycles. The Balaban J connectivity index is 3.23. The fourth-order valence-corrected chi connectivity index (χ4v) is 4.98. The van der Waals surface area contributed by atoms with E-state index in [2.05, 4.69) is 34.6 Å². The van der Waals surface area contributed by atoms with E-state index in [9.17, 15) is 15.0 Å². The van der Waals surface area contributed by atoms with Crippen molar-refractivity contribution in [1.82, 2.24) is 0 Å². The summed E-state index contributed by atoms with van der Waals surface area (Å²) in [6, 6.07) is 1.70. The van der Waals surface area contributed by atoms with E-state index in [1.165, 1.54) is 32.1 Å². The number of phenols is 1. The molecule has 0 aliphatic heterocycles. The molecule has 0 fully saturated rings. The topological polar surface area (TPSA) is 57.5 Å². The van der Waals surface area contributed by atoms with E-state index in [-0.39, 0.29) is 21.8 Å². The van der Waals surface area contributed by atoms with Crippen molar-refractivity contribution < 1.29 is 15.0 Å². The van der Waals surface area contributed by atoms with Crippen LogP contribution in [0, 0.1) is 0 Å². The Morgan fingerprint density at radius 3 is 2.03 bits per heavy atom. The van der Waals surface area contributed by atoms with Gasteiger partial charge in [0, 0.05) is 16.4 Å². The Labute approximate surface area is 182 Å². The summed E-state index contributed by atoms with van der Waals surface area (Å²) in [5.74, 6) is 0.359. The van der Waals surface area contributed by atoms with Gasteiger partial charge in [0.1, 0.15) is 5.75 Å². The molecule has 1 unspecified atom stereocenters. The zero-order valence-corrected chi connectivity index (χ0v) is 20.6. The molecule has 0 radical (unpaired) electrons. The molecule has 1 rings (SSSR count). The summed E-state index contributed by atoms with van der Waals surface area (Å²) >= 11 is 1.80. The van der Waals surface area contributed by atoms with Gasteiger partial charge in [-0.05, 0) is 41.6 Å². The van der Waals surface area contributed by atoms with Crippen LogP contribution in [-0.2, 0) is 10.8 Å². The monoisotopic (exact) mass is 422 g/mol. The second-order valence-corrected chi connectivity index (χ2v) is 11.6. The van der Waals surface area contributed by atoms with E-state index in [0.717, 1.165) is 23.3 Å². The number of aromatic carboxylic acids is 1. The number of unbranched alkanes of at least 4 members (excludes halogenated alkanes) is 5. The zero-order valence-electron chi connectivity index (χ0n) is 19.8. The molecular weight excluding hydrogens is 380 g/mol. The van der Waals surface area contributed by atoms with Gasteiger partial charge in [-0.3, -0.25) is 0 Å². The Morgan fingerprint density at radius 1 is 1.00 bits per heavy atom. The van der Waals surface area contributed by atoms with Crippen LogP contribution in [0.1, 0.15) is 126 Å². The van der Waals surface area contributed by atoms with Crippen molar-refractivity contribution in [3.05, 3.63) is 28.3 Å². The molecule has 0 saturated heterocycles. The molecule has 3 nitrogen and oxygen atoms in total. The second kappa shape index (κ2) is 10.7. The predicted octanol–water partition coefficient (Wildman–Crippen LogP) is 7.84. The van der Waals surface area contributed by atoms with E-state index in [1.807, 2.05) is 20.8 Å². The third kappa shape index (κ3) is 7.24. The molecule has 1 atom stereocenters. The fraction of sp³-hybridized carbons (Fsp3) is 0.720. The zero-order chi connectivity index (χ0) is 22.4. The second-order valence-electron chi connectivity index (χ2n) is 10.2. The Bertz CT molecular complexity index is 681. The standard InChI is InChI=1S/C25H42O3S/c1-9-10-11-12-13-14-15-29-17(2)20-18(23(27)28)16-19(24(3,4)5)22(26)21(20)25(6,7)8/h16-17,26H,9-15H2,1-8H3,(H,27,28). The minimum absolute atomic E-state index is 0.0193. The number of hydrogen-bond donors (Lipinski definition) is 2. The summed E-state index contributed by atoms with van der Waals surface area (Å²) in [4.78, 5) is 12.2. The lowest BCUT2D eigenvalue weighted by Crippen LogP contribution is -2.22. The van der Waals surface area contributed by atoms with Gasteiger partial charge in [-0.15, -0.1) is 0 Å². The maximum atomic E-state index is 12.2. The van der Waals surface area contributed by atoms with Crippen molar-refractivity contribution in [2.24, 2.45) is 0 Å². The van der Waals surface area contributed by atoms with Crippen LogP contribution in [0.2, 0.25) is 0 Å².